The van der Waals surface area contributed by atoms with Crippen LogP contribution in [0.1, 0.15) is 17.5 Å². The van der Waals surface area contributed by atoms with Crippen molar-refractivity contribution in [1.82, 2.24) is 10.6 Å². The number of nitrogens with zero attached hydrogens (tertiary/aromatic N) is 1. The number of halogens is 1. The third-order valence-corrected chi connectivity index (χ3v) is 3.78. The maximum Gasteiger partial charge on any atom is 0.307 e. The van der Waals surface area contributed by atoms with E-state index in [0.717, 1.165) is 0 Å². The number of aryl methyl sites for hydroxylation is 1. The number of benzene rings is 1. The summed E-state index contributed by atoms with van der Waals surface area (Å²) in [4.78, 5) is 16.4. The Bertz CT molecular complexity index is 510. The molecule has 0 unspecified atom stereocenters. The zero-order chi connectivity index (χ0) is 15.7. The molecular weight excluding hydrogens is 413 g/mol. The number of methoxy groups -OCH3 is 1. The molecule has 124 valence electrons. The number of esters is 1. The van der Waals surface area contributed by atoms with Gasteiger partial charge in [-0.15, -0.1) is 35.7 Å². The van der Waals surface area contributed by atoms with E-state index < -0.39 is 0 Å². The van der Waals surface area contributed by atoms with Gasteiger partial charge in [0.1, 0.15) is 0 Å². The largest absolute Gasteiger partial charge is 0.469 e. The molecule has 0 heterocycles. The van der Waals surface area contributed by atoms with Crippen LogP contribution < -0.4 is 10.6 Å². The van der Waals surface area contributed by atoms with Crippen LogP contribution in [0, 0.1) is 6.92 Å². The van der Waals surface area contributed by atoms with Crippen LogP contribution in [-0.2, 0) is 16.1 Å². The lowest BCUT2D eigenvalue weighted by molar-refractivity contribution is -0.140. The second kappa shape index (κ2) is 11.6. The van der Waals surface area contributed by atoms with E-state index in [1.54, 1.807) is 18.8 Å². The SMILES string of the molecule is CN=C(NCCC(=O)OC)NCc1ccc(C)cc1SC.I. The van der Waals surface area contributed by atoms with Crippen LogP contribution in [0.3, 0.4) is 0 Å². The monoisotopic (exact) mass is 437 g/mol. The third kappa shape index (κ3) is 7.35. The number of ether oxygens (including phenoxy) is 1. The summed E-state index contributed by atoms with van der Waals surface area (Å²) in [6.45, 7) is 3.27. The summed E-state index contributed by atoms with van der Waals surface area (Å²) < 4.78 is 4.59. The fourth-order valence-corrected chi connectivity index (χ4v) is 2.49. The summed E-state index contributed by atoms with van der Waals surface area (Å²) in [5, 5.41) is 6.33. The predicted molar refractivity (Wildman–Crippen MR) is 103 cm³/mol. The van der Waals surface area contributed by atoms with Gasteiger partial charge in [-0.25, -0.2) is 0 Å². The molecule has 0 spiro atoms. The lowest BCUT2D eigenvalue weighted by atomic mass is 10.1. The van der Waals surface area contributed by atoms with Gasteiger partial charge in [-0.3, -0.25) is 9.79 Å². The van der Waals surface area contributed by atoms with Gasteiger partial charge in [0.15, 0.2) is 5.96 Å². The van der Waals surface area contributed by atoms with Gasteiger partial charge in [0.25, 0.3) is 0 Å². The highest BCUT2D eigenvalue weighted by molar-refractivity contribution is 14.0. The topological polar surface area (TPSA) is 62.7 Å². The van der Waals surface area contributed by atoms with Gasteiger partial charge in [0.2, 0.25) is 0 Å². The van der Waals surface area contributed by atoms with Crippen LogP contribution in [0.25, 0.3) is 0 Å². The first-order valence-electron chi connectivity index (χ1n) is 6.75. The molecule has 0 saturated carbocycles. The predicted octanol–water partition coefficient (Wildman–Crippen LogP) is 2.56. The minimum absolute atomic E-state index is 0. The Balaban J connectivity index is 0.00000441. The van der Waals surface area contributed by atoms with Crippen molar-refractivity contribution in [1.29, 1.82) is 0 Å². The van der Waals surface area contributed by atoms with Crippen molar-refractivity contribution in [3.05, 3.63) is 29.3 Å². The number of aliphatic imine (C=N–C) groups is 1. The molecule has 1 rings (SSSR count). The quantitative estimate of drug-likeness (QED) is 0.236. The normalized spacial score (nSPS) is 10.6. The molecule has 0 bridgehead atoms. The van der Waals surface area contributed by atoms with Gasteiger partial charge < -0.3 is 15.4 Å². The first-order chi connectivity index (χ1) is 10.1. The Morgan fingerprint density at radius 3 is 2.68 bits per heavy atom. The molecule has 5 nitrogen and oxygen atoms in total. The van der Waals surface area contributed by atoms with Crippen LogP contribution in [0.15, 0.2) is 28.1 Å². The van der Waals surface area contributed by atoms with Gasteiger partial charge in [0, 0.05) is 25.0 Å². The van der Waals surface area contributed by atoms with Gasteiger partial charge in [-0.05, 0) is 30.4 Å². The van der Waals surface area contributed by atoms with Crippen molar-refractivity contribution in [2.45, 2.75) is 24.8 Å². The summed E-state index contributed by atoms with van der Waals surface area (Å²) in [7, 11) is 3.09. The van der Waals surface area contributed by atoms with E-state index >= 15 is 0 Å². The van der Waals surface area contributed by atoms with E-state index in [1.165, 1.54) is 23.1 Å². The zero-order valence-electron chi connectivity index (χ0n) is 13.4. The van der Waals surface area contributed by atoms with E-state index in [0.29, 0.717) is 25.5 Å². The Morgan fingerprint density at radius 1 is 1.36 bits per heavy atom. The van der Waals surface area contributed by atoms with E-state index in [2.05, 4.69) is 51.7 Å². The molecule has 2 N–H and O–H groups in total. The van der Waals surface area contributed by atoms with E-state index in [4.69, 9.17) is 0 Å². The van der Waals surface area contributed by atoms with Crippen molar-refractivity contribution in [3.63, 3.8) is 0 Å². The zero-order valence-corrected chi connectivity index (χ0v) is 16.6. The number of hydrogen-bond acceptors (Lipinski definition) is 4. The Hall–Kier alpha value is -0.960. The van der Waals surface area contributed by atoms with Crippen molar-refractivity contribution >= 4 is 47.7 Å². The van der Waals surface area contributed by atoms with Crippen LogP contribution in [0.5, 0.6) is 0 Å². The molecule has 0 fully saturated rings. The van der Waals surface area contributed by atoms with Crippen molar-refractivity contribution in [3.8, 4) is 0 Å². The number of carbonyl (C=O) groups is 1. The summed E-state index contributed by atoms with van der Waals surface area (Å²) in [5.74, 6) is 0.438. The number of thioether (sulfide) groups is 1. The molecule has 22 heavy (non-hydrogen) atoms. The fraction of sp³-hybridized carbons (Fsp3) is 0.467. The second-order valence-electron chi connectivity index (χ2n) is 4.49. The Kier molecular flexibility index (Phi) is 11.1. The fourth-order valence-electron chi connectivity index (χ4n) is 1.78. The number of rotatable bonds is 6. The molecule has 0 atom stereocenters. The molecule has 1 aromatic carbocycles. The van der Waals surface area contributed by atoms with Crippen LogP contribution in [-0.4, -0.2) is 38.9 Å². The van der Waals surface area contributed by atoms with Crippen LogP contribution in [0.4, 0.5) is 0 Å². The van der Waals surface area contributed by atoms with E-state index in [1.807, 2.05) is 0 Å². The van der Waals surface area contributed by atoms with Gasteiger partial charge >= 0.3 is 5.97 Å². The number of carbonyl (C=O) groups excluding carboxylic acids is 1. The molecule has 0 aromatic heterocycles. The minimum Gasteiger partial charge on any atom is -0.469 e. The van der Waals surface area contributed by atoms with Crippen molar-refractivity contribution in [2.75, 3.05) is 27.0 Å². The van der Waals surface area contributed by atoms with Crippen LogP contribution in [0.2, 0.25) is 0 Å². The lowest BCUT2D eigenvalue weighted by Crippen LogP contribution is -2.38. The summed E-state index contributed by atoms with van der Waals surface area (Å²) in [6.07, 6.45) is 2.39. The maximum absolute atomic E-state index is 11.1. The third-order valence-electron chi connectivity index (χ3n) is 2.96. The molecule has 0 aliphatic carbocycles. The van der Waals surface area contributed by atoms with Crippen molar-refractivity contribution in [2.24, 2.45) is 4.99 Å². The van der Waals surface area contributed by atoms with Crippen LogP contribution >= 0.6 is 35.7 Å². The molecule has 0 amide bonds. The van der Waals surface area contributed by atoms with E-state index in [9.17, 15) is 4.79 Å². The van der Waals surface area contributed by atoms with Gasteiger partial charge in [0.05, 0.1) is 13.5 Å². The number of nitrogens with one attached hydrogen (secondary N) is 2. The van der Waals surface area contributed by atoms with Crippen molar-refractivity contribution < 1.29 is 9.53 Å². The van der Waals surface area contributed by atoms with Gasteiger partial charge in [-0.1, -0.05) is 12.1 Å². The van der Waals surface area contributed by atoms with E-state index in [-0.39, 0.29) is 29.9 Å². The second-order valence-corrected chi connectivity index (χ2v) is 5.34. The maximum atomic E-state index is 11.1. The smallest absolute Gasteiger partial charge is 0.307 e. The first-order valence-corrected chi connectivity index (χ1v) is 7.98. The Morgan fingerprint density at radius 2 is 2.09 bits per heavy atom. The average molecular weight is 437 g/mol. The average Bonchev–Trinajstić information content (AvgIpc) is 2.51. The number of hydrogen-bond donors (Lipinski definition) is 2. The number of guanidine groups is 1. The molecule has 0 radical (unpaired) electrons. The molecule has 0 saturated heterocycles. The molecular formula is C15H24IN3O2S. The molecule has 7 heteroatoms. The highest BCUT2D eigenvalue weighted by Crippen LogP contribution is 2.21. The highest BCUT2D eigenvalue weighted by atomic mass is 127. The first kappa shape index (κ1) is 21.0. The lowest BCUT2D eigenvalue weighted by Gasteiger charge is -2.13. The molecule has 1 aromatic rings. The Labute approximate surface area is 153 Å². The van der Waals surface area contributed by atoms with Gasteiger partial charge in [-0.2, -0.15) is 0 Å². The summed E-state index contributed by atoms with van der Waals surface area (Å²) in [6, 6.07) is 6.40. The standard InChI is InChI=1S/C15H23N3O2S.HI/c1-11-5-6-12(13(9-11)21-4)10-18-15(16-2)17-8-7-14(19)20-3;/h5-6,9H,7-8,10H2,1-4H3,(H2,16,17,18);1H. The summed E-state index contributed by atoms with van der Waals surface area (Å²) >= 11 is 1.73. The summed E-state index contributed by atoms with van der Waals surface area (Å²) in [5.41, 5.74) is 2.48. The minimum atomic E-state index is -0.235. The molecule has 0 aliphatic heterocycles. The highest BCUT2D eigenvalue weighted by Gasteiger charge is 2.05. The molecule has 0 aliphatic rings.